The SMILES string of the molecule is N=C1NC(N)NC1(CNC(=O)c1ccc(Cl)cc1-c1ccc(C(F)(F)F)nc1)c1ccn[nH]1. The molecule has 0 aliphatic carbocycles. The first-order valence-electron chi connectivity index (χ1n) is 9.60. The van der Waals surface area contributed by atoms with Crippen LogP contribution in [0.4, 0.5) is 13.2 Å². The molecule has 1 aliphatic rings. The zero-order valence-corrected chi connectivity index (χ0v) is 17.6. The van der Waals surface area contributed by atoms with Gasteiger partial charge in [-0.05, 0) is 35.9 Å². The molecule has 1 fully saturated rings. The van der Waals surface area contributed by atoms with Crippen LogP contribution in [0, 0.1) is 5.41 Å². The number of amidine groups is 1. The summed E-state index contributed by atoms with van der Waals surface area (Å²) in [5, 5.41) is 23.8. The van der Waals surface area contributed by atoms with Crippen LogP contribution in [-0.2, 0) is 11.7 Å². The fourth-order valence-corrected chi connectivity index (χ4v) is 3.75. The highest BCUT2D eigenvalue weighted by Gasteiger charge is 2.45. The Hall–Kier alpha value is -3.48. The fourth-order valence-electron chi connectivity index (χ4n) is 3.58. The average Bonchev–Trinajstić information content (AvgIpc) is 3.40. The Morgan fingerprint density at radius 3 is 2.64 bits per heavy atom. The molecule has 4 rings (SSSR count). The van der Waals surface area contributed by atoms with E-state index in [2.05, 4.69) is 31.1 Å². The summed E-state index contributed by atoms with van der Waals surface area (Å²) in [4.78, 5) is 16.6. The number of pyridine rings is 1. The van der Waals surface area contributed by atoms with Crippen molar-refractivity contribution in [3.63, 3.8) is 0 Å². The quantitative estimate of drug-likeness (QED) is 0.331. The van der Waals surface area contributed by atoms with Gasteiger partial charge < -0.3 is 10.6 Å². The molecule has 1 aromatic carbocycles. The molecule has 0 bridgehead atoms. The number of benzene rings is 1. The van der Waals surface area contributed by atoms with Gasteiger partial charge in [0.15, 0.2) is 0 Å². The number of hydrogen-bond acceptors (Lipinski definition) is 6. The molecule has 9 nitrogen and oxygen atoms in total. The Labute approximate surface area is 190 Å². The van der Waals surface area contributed by atoms with E-state index in [1.165, 1.54) is 30.5 Å². The van der Waals surface area contributed by atoms with E-state index in [0.29, 0.717) is 16.3 Å². The number of alkyl halides is 3. The highest BCUT2D eigenvalue weighted by molar-refractivity contribution is 6.31. The lowest BCUT2D eigenvalue weighted by Gasteiger charge is -2.27. The van der Waals surface area contributed by atoms with Crippen molar-refractivity contribution in [2.45, 2.75) is 18.0 Å². The summed E-state index contributed by atoms with van der Waals surface area (Å²) < 4.78 is 38.6. The average molecular weight is 479 g/mol. The van der Waals surface area contributed by atoms with Gasteiger partial charge in [-0.1, -0.05) is 17.7 Å². The fraction of sp³-hybridized carbons (Fsp3) is 0.200. The van der Waals surface area contributed by atoms with Crippen LogP contribution in [0.3, 0.4) is 0 Å². The summed E-state index contributed by atoms with van der Waals surface area (Å²) in [6.45, 7) is -0.0686. The minimum atomic E-state index is -4.58. The molecule has 3 heterocycles. The predicted octanol–water partition coefficient (Wildman–Crippen LogP) is 2.18. The first kappa shape index (κ1) is 22.7. The van der Waals surface area contributed by atoms with Crippen molar-refractivity contribution in [1.82, 2.24) is 31.1 Å². The largest absolute Gasteiger partial charge is 0.433 e. The van der Waals surface area contributed by atoms with Crippen molar-refractivity contribution in [3.8, 4) is 11.1 Å². The number of hydrogen-bond donors (Lipinski definition) is 6. The van der Waals surface area contributed by atoms with Gasteiger partial charge in [0.05, 0.1) is 5.69 Å². The van der Waals surface area contributed by atoms with Crippen molar-refractivity contribution in [1.29, 1.82) is 5.41 Å². The van der Waals surface area contributed by atoms with Gasteiger partial charge in [-0.3, -0.25) is 31.3 Å². The number of aromatic nitrogens is 3. The van der Waals surface area contributed by atoms with E-state index in [9.17, 15) is 18.0 Å². The second kappa shape index (κ2) is 8.46. The molecule has 1 aliphatic heterocycles. The zero-order chi connectivity index (χ0) is 23.8. The van der Waals surface area contributed by atoms with Crippen LogP contribution in [0.2, 0.25) is 5.02 Å². The third-order valence-electron chi connectivity index (χ3n) is 5.19. The molecule has 172 valence electrons. The highest BCUT2D eigenvalue weighted by Crippen LogP contribution is 2.31. The van der Waals surface area contributed by atoms with Crippen LogP contribution >= 0.6 is 11.6 Å². The second-order valence-electron chi connectivity index (χ2n) is 7.32. The molecular weight excluding hydrogens is 461 g/mol. The first-order valence-corrected chi connectivity index (χ1v) is 9.98. The summed E-state index contributed by atoms with van der Waals surface area (Å²) in [6.07, 6.45) is -2.76. The molecule has 1 saturated heterocycles. The van der Waals surface area contributed by atoms with Crippen LogP contribution in [0.1, 0.15) is 21.7 Å². The Kier molecular flexibility index (Phi) is 5.82. The smallest absolute Gasteiger partial charge is 0.349 e. The molecule has 2 atom stereocenters. The van der Waals surface area contributed by atoms with Gasteiger partial charge in [0.1, 0.15) is 23.4 Å². The van der Waals surface area contributed by atoms with Gasteiger partial charge in [0, 0.05) is 35.1 Å². The van der Waals surface area contributed by atoms with Crippen LogP contribution in [0.15, 0.2) is 48.8 Å². The molecule has 3 aromatic rings. The highest BCUT2D eigenvalue weighted by atomic mass is 35.5. The summed E-state index contributed by atoms with van der Waals surface area (Å²) in [5.74, 6) is -0.502. The van der Waals surface area contributed by atoms with Gasteiger partial charge in [0.2, 0.25) is 0 Å². The lowest BCUT2D eigenvalue weighted by molar-refractivity contribution is -0.141. The molecule has 2 aromatic heterocycles. The second-order valence-corrected chi connectivity index (χ2v) is 7.76. The lowest BCUT2D eigenvalue weighted by Crippen LogP contribution is -2.54. The first-order chi connectivity index (χ1) is 15.6. The number of halogens is 4. The Morgan fingerprint density at radius 1 is 1.27 bits per heavy atom. The van der Waals surface area contributed by atoms with E-state index in [0.717, 1.165) is 12.3 Å². The molecule has 0 radical (unpaired) electrons. The minimum Gasteiger partial charge on any atom is -0.349 e. The molecule has 7 N–H and O–H groups in total. The zero-order valence-electron chi connectivity index (χ0n) is 16.8. The number of H-pyrrole nitrogens is 1. The van der Waals surface area contributed by atoms with Crippen molar-refractivity contribution in [2.75, 3.05) is 6.54 Å². The van der Waals surface area contributed by atoms with Crippen LogP contribution in [0.25, 0.3) is 11.1 Å². The van der Waals surface area contributed by atoms with Crippen molar-refractivity contribution in [2.24, 2.45) is 5.73 Å². The topological polar surface area (TPSA) is 145 Å². The molecule has 2 unspecified atom stereocenters. The van der Waals surface area contributed by atoms with Gasteiger partial charge in [-0.15, -0.1) is 0 Å². The van der Waals surface area contributed by atoms with E-state index in [1.54, 1.807) is 6.07 Å². The van der Waals surface area contributed by atoms with Crippen molar-refractivity contribution in [3.05, 3.63) is 70.8 Å². The van der Waals surface area contributed by atoms with Gasteiger partial charge in [-0.2, -0.15) is 18.3 Å². The maximum absolute atomic E-state index is 13.1. The third kappa shape index (κ3) is 4.40. The summed E-state index contributed by atoms with van der Waals surface area (Å²) in [5.41, 5.74) is 4.93. The minimum absolute atomic E-state index is 0.0304. The Morgan fingerprint density at radius 2 is 2.06 bits per heavy atom. The van der Waals surface area contributed by atoms with Crippen LogP contribution < -0.4 is 21.7 Å². The lowest BCUT2D eigenvalue weighted by atomic mass is 9.94. The summed E-state index contributed by atoms with van der Waals surface area (Å²) in [7, 11) is 0. The number of nitrogens with zero attached hydrogens (tertiary/aromatic N) is 2. The third-order valence-corrected chi connectivity index (χ3v) is 5.43. The number of nitrogens with two attached hydrogens (primary N) is 1. The van der Waals surface area contributed by atoms with Crippen molar-refractivity contribution >= 4 is 23.3 Å². The molecule has 13 heteroatoms. The number of rotatable bonds is 5. The normalized spacial score (nSPS) is 20.5. The number of aromatic amines is 1. The number of carbonyl (C=O) groups is 1. The predicted molar refractivity (Wildman–Crippen MR) is 114 cm³/mol. The van der Waals surface area contributed by atoms with E-state index in [1.807, 2.05) is 0 Å². The molecule has 0 spiro atoms. The van der Waals surface area contributed by atoms with Gasteiger partial charge in [-0.25, -0.2) is 0 Å². The number of carbonyl (C=O) groups excluding carboxylic acids is 1. The number of amides is 1. The van der Waals surface area contributed by atoms with E-state index in [4.69, 9.17) is 22.7 Å². The Bertz CT molecular complexity index is 1180. The van der Waals surface area contributed by atoms with Gasteiger partial charge in [0.25, 0.3) is 5.91 Å². The van der Waals surface area contributed by atoms with Gasteiger partial charge >= 0.3 is 6.18 Å². The van der Waals surface area contributed by atoms with Crippen LogP contribution in [-0.4, -0.2) is 39.8 Å². The molecule has 1 amide bonds. The van der Waals surface area contributed by atoms with Crippen molar-refractivity contribution < 1.29 is 18.0 Å². The summed E-state index contributed by atoms with van der Waals surface area (Å²) in [6, 6.07) is 8.14. The van der Waals surface area contributed by atoms with E-state index < -0.39 is 29.6 Å². The standard InChI is InChI=1S/C20H18ClF3N8O/c21-11-2-3-12(13(7-11)10-1-4-15(27-8-10)20(22,23)24)16(33)28-9-19(14-5-6-29-32-14)17(25)30-18(26)31-19/h1-8,18,31H,9,26H2,(H2,25,30)(H,28,33)(H,29,32). The maximum atomic E-state index is 13.1. The summed E-state index contributed by atoms with van der Waals surface area (Å²) >= 11 is 6.08. The molecule has 33 heavy (non-hydrogen) atoms. The van der Waals surface area contributed by atoms with E-state index >= 15 is 0 Å². The number of nitrogens with one attached hydrogen (secondary N) is 5. The monoisotopic (exact) mass is 478 g/mol. The van der Waals surface area contributed by atoms with E-state index in [-0.39, 0.29) is 23.5 Å². The maximum Gasteiger partial charge on any atom is 0.433 e. The van der Waals surface area contributed by atoms with Crippen LogP contribution in [0.5, 0.6) is 0 Å². The molecule has 0 saturated carbocycles. The Balaban J connectivity index is 1.62. The molecular formula is C20H18ClF3N8O.